The normalized spacial score (nSPS) is 15.7. The van der Waals surface area contributed by atoms with Crippen molar-refractivity contribution in [1.82, 2.24) is 5.32 Å². The smallest absolute Gasteiger partial charge is 0.338 e. The molecule has 6 heteroatoms. The van der Waals surface area contributed by atoms with Crippen LogP contribution >= 0.6 is 0 Å². The molecule has 1 heterocycles. The summed E-state index contributed by atoms with van der Waals surface area (Å²) in [6.07, 6.45) is 0.439. The van der Waals surface area contributed by atoms with Crippen molar-refractivity contribution in [3.63, 3.8) is 0 Å². The van der Waals surface area contributed by atoms with Gasteiger partial charge in [-0.05, 0) is 42.8 Å². The van der Waals surface area contributed by atoms with E-state index in [9.17, 15) is 14.4 Å². The summed E-state index contributed by atoms with van der Waals surface area (Å²) >= 11 is 0. The number of ether oxygens (including phenoxy) is 1. The van der Waals surface area contributed by atoms with Gasteiger partial charge >= 0.3 is 5.97 Å². The van der Waals surface area contributed by atoms with Gasteiger partial charge in [0.05, 0.1) is 12.2 Å². The fourth-order valence-corrected chi connectivity index (χ4v) is 2.72. The average molecular weight is 338 g/mol. The molecule has 25 heavy (non-hydrogen) atoms. The Labute approximate surface area is 145 Å². The minimum absolute atomic E-state index is 0.250. The van der Waals surface area contributed by atoms with E-state index in [1.807, 2.05) is 12.1 Å². The summed E-state index contributed by atoms with van der Waals surface area (Å²) in [6.45, 7) is 2.04. The number of hydrogen-bond acceptors (Lipinski definition) is 4. The van der Waals surface area contributed by atoms with Crippen molar-refractivity contribution in [3.05, 3.63) is 65.2 Å². The van der Waals surface area contributed by atoms with Crippen LogP contribution in [-0.4, -0.2) is 30.4 Å². The van der Waals surface area contributed by atoms with Gasteiger partial charge in [0.1, 0.15) is 6.04 Å². The van der Waals surface area contributed by atoms with Gasteiger partial charge in [0.25, 0.3) is 5.91 Å². The van der Waals surface area contributed by atoms with Crippen LogP contribution in [0.15, 0.2) is 48.5 Å². The molecule has 0 bridgehead atoms. The molecule has 128 valence electrons. The first kappa shape index (κ1) is 16.7. The Bertz CT molecular complexity index is 814. The third-order valence-electron chi connectivity index (χ3n) is 3.97. The Kier molecular flexibility index (Phi) is 4.79. The quantitative estimate of drug-likeness (QED) is 0.837. The number of rotatable bonds is 4. The van der Waals surface area contributed by atoms with Crippen molar-refractivity contribution in [2.24, 2.45) is 0 Å². The zero-order chi connectivity index (χ0) is 17.8. The third-order valence-corrected chi connectivity index (χ3v) is 3.97. The van der Waals surface area contributed by atoms with E-state index in [1.165, 1.54) is 0 Å². The van der Waals surface area contributed by atoms with Crippen LogP contribution < -0.4 is 10.6 Å². The van der Waals surface area contributed by atoms with E-state index in [4.69, 9.17) is 4.74 Å². The van der Waals surface area contributed by atoms with E-state index in [1.54, 1.807) is 43.3 Å². The molecule has 0 fully saturated rings. The lowest BCUT2D eigenvalue weighted by molar-refractivity contribution is -0.118. The second-order valence-corrected chi connectivity index (χ2v) is 5.67. The van der Waals surface area contributed by atoms with E-state index in [0.717, 1.165) is 5.56 Å². The number of carbonyl (C=O) groups is 3. The van der Waals surface area contributed by atoms with Crippen LogP contribution in [0.1, 0.15) is 33.2 Å². The summed E-state index contributed by atoms with van der Waals surface area (Å²) in [7, 11) is 0. The number of fused-ring (bicyclic) bond motifs is 1. The van der Waals surface area contributed by atoms with E-state index in [-0.39, 0.29) is 11.8 Å². The fraction of sp³-hybridized carbons (Fsp3) is 0.211. The molecule has 1 unspecified atom stereocenters. The van der Waals surface area contributed by atoms with Gasteiger partial charge in [-0.25, -0.2) is 4.79 Å². The second-order valence-electron chi connectivity index (χ2n) is 5.67. The molecule has 1 aliphatic rings. The van der Waals surface area contributed by atoms with Gasteiger partial charge in [0.2, 0.25) is 5.91 Å². The fourth-order valence-electron chi connectivity index (χ4n) is 2.72. The van der Waals surface area contributed by atoms with Crippen LogP contribution in [0.25, 0.3) is 0 Å². The molecular weight excluding hydrogens is 320 g/mol. The van der Waals surface area contributed by atoms with Crippen LogP contribution in [0.3, 0.4) is 0 Å². The molecule has 2 N–H and O–H groups in total. The molecule has 1 aliphatic heterocycles. The lowest BCUT2D eigenvalue weighted by Crippen LogP contribution is -2.48. The molecule has 2 aromatic carbocycles. The summed E-state index contributed by atoms with van der Waals surface area (Å²) in [5, 5.41) is 5.47. The van der Waals surface area contributed by atoms with Crippen LogP contribution in [-0.2, 0) is 16.0 Å². The molecule has 0 spiro atoms. The standard InChI is InChI=1S/C19H18N2O4/c1-2-25-19(24)12-7-9-14(10-8-12)20-18(23)16-11-13-5-3-4-6-15(13)17(22)21-16/h3-10,16H,2,11H2,1H3,(H,20,23)(H,21,22). The van der Waals surface area contributed by atoms with Crippen LogP contribution in [0.5, 0.6) is 0 Å². The highest BCUT2D eigenvalue weighted by atomic mass is 16.5. The summed E-state index contributed by atoms with van der Waals surface area (Å²) in [6, 6.07) is 13.0. The number of amides is 2. The maximum absolute atomic E-state index is 12.4. The molecule has 2 amide bonds. The summed E-state index contributed by atoms with van der Waals surface area (Å²) in [5.41, 5.74) is 2.42. The van der Waals surface area contributed by atoms with Crippen molar-refractivity contribution >= 4 is 23.5 Å². The maximum atomic E-state index is 12.4. The Morgan fingerprint density at radius 3 is 2.60 bits per heavy atom. The van der Waals surface area contributed by atoms with Gasteiger partial charge in [-0.1, -0.05) is 18.2 Å². The summed E-state index contributed by atoms with van der Waals surface area (Å²) in [4.78, 5) is 36.1. The average Bonchev–Trinajstić information content (AvgIpc) is 2.62. The van der Waals surface area contributed by atoms with Crippen molar-refractivity contribution in [2.75, 3.05) is 11.9 Å². The van der Waals surface area contributed by atoms with Gasteiger partial charge in [-0.2, -0.15) is 0 Å². The molecule has 2 aromatic rings. The van der Waals surface area contributed by atoms with Crippen molar-refractivity contribution in [3.8, 4) is 0 Å². The van der Waals surface area contributed by atoms with Crippen molar-refractivity contribution in [2.45, 2.75) is 19.4 Å². The SMILES string of the molecule is CCOC(=O)c1ccc(NC(=O)C2Cc3ccccc3C(=O)N2)cc1. The van der Waals surface area contributed by atoms with Gasteiger partial charge in [0, 0.05) is 17.7 Å². The zero-order valence-corrected chi connectivity index (χ0v) is 13.7. The monoisotopic (exact) mass is 338 g/mol. The van der Waals surface area contributed by atoms with Crippen LogP contribution in [0.4, 0.5) is 5.69 Å². The highest BCUT2D eigenvalue weighted by Crippen LogP contribution is 2.18. The van der Waals surface area contributed by atoms with Gasteiger partial charge < -0.3 is 15.4 Å². The highest BCUT2D eigenvalue weighted by molar-refractivity contribution is 6.04. The Hall–Kier alpha value is -3.15. The van der Waals surface area contributed by atoms with Crippen molar-refractivity contribution in [1.29, 1.82) is 0 Å². The molecule has 0 radical (unpaired) electrons. The molecule has 0 saturated heterocycles. The van der Waals surface area contributed by atoms with Crippen LogP contribution in [0.2, 0.25) is 0 Å². The Morgan fingerprint density at radius 2 is 1.88 bits per heavy atom. The molecule has 0 aromatic heterocycles. The number of nitrogens with one attached hydrogen (secondary N) is 2. The predicted octanol–water partition coefficient (Wildman–Crippen LogP) is 2.16. The molecule has 6 nitrogen and oxygen atoms in total. The lowest BCUT2D eigenvalue weighted by atomic mass is 9.95. The van der Waals surface area contributed by atoms with Gasteiger partial charge in [-0.3, -0.25) is 9.59 Å². The lowest BCUT2D eigenvalue weighted by Gasteiger charge is -2.24. The molecular formula is C19H18N2O4. The first-order valence-corrected chi connectivity index (χ1v) is 8.05. The van der Waals surface area contributed by atoms with E-state index < -0.39 is 12.0 Å². The minimum Gasteiger partial charge on any atom is -0.462 e. The maximum Gasteiger partial charge on any atom is 0.338 e. The number of hydrogen-bond donors (Lipinski definition) is 2. The number of anilines is 1. The number of carbonyl (C=O) groups excluding carboxylic acids is 3. The van der Waals surface area contributed by atoms with Crippen molar-refractivity contribution < 1.29 is 19.1 Å². The number of esters is 1. The second kappa shape index (κ2) is 7.17. The zero-order valence-electron chi connectivity index (χ0n) is 13.7. The van der Waals surface area contributed by atoms with Gasteiger partial charge in [-0.15, -0.1) is 0 Å². The first-order chi connectivity index (χ1) is 12.1. The molecule has 0 saturated carbocycles. The topological polar surface area (TPSA) is 84.5 Å². The van der Waals surface area contributed by atoms with E-state index in [2.05, 4.69) is 10.6 Å². The first-order valence-electron chi connectivity index (χ1n) is 8.05. The van der Waals surface area contributed by atoms with E-state index >= 15 is 0 Å². The Balaban J connectivity index is 1.67. The minimum atomic E-state index is -0.632. The predicted molar refractivity (Wildman–Crippen MR) is 92.4 cm³/mol. The van der Waals surface area contributed by atoms with Gasteiger partial charge in [0.15, 0.2) is 0 Å². The highest BCUT2D eigenvalue weighted by Gasteiger charge is 2.28. The van der Waals surface area contributed by atoms with E-state index in [0.29, 0.717) is 29.8 Å². The summed E-state index contributed by atoms with van der Waals surface area (Å²) in [5.74, 6) is -0.956. The molecule has 3 rings (SSSR count). The molecule has 0 aliphatic carbocycles. The Morgan fingerprint density at radius 1 is 1.16 bits per heavy atom. The largest absolute Gasteiger partial charge is 0.462 e. The summed E-state index contributed by atoms with van der Waals surface area (Å²) < 4.78 is 4.92. The third kappa shape index (κ3) is 3.68. The van der Waals surface area contributed by atoms with Crippen LogP contribution in [0, 0.1) is 0 Å². The number of benzene rings is 2. The molecule has 1 atom stereocenters.